The highest BCUT2D eigenvalue weighted by Crippen LogP contribution is 2.21. The Morgan fingerprint density at radius 3 is 2.59 bits per heavy atom. The Morgan fingerprint density at radius 1 is 1.19 bits per heavy atom. The van der Waals surface area contributed by atoms with Crippen molar-refractivity contribution in [1.82, 2.24) is 9.47 Å². The molecule has 0 radical (unpaired) electrons. The van der Waals surface area contributed by atoms with Gasteiger partial charge in [0.1, 0.15) is 0 Å². The number of thiazole rings is 1. The second-order valence-corrected chi connectivity index (χ2v) is 9.33. The minimum Gasteiger partial charge on any atom is -0.341 e. The summed E-state index contributed by atoms with van der Waals surface area (Å²) in [5.74, 6) is 1.65. The average molecular weight is 406 g/mol. The fourth-order valence-corrected chi connectivity index (χ4v) is 5.54. The molecule has 2 aromatic rings. The largest absolute Gasteiger partial charge is 0.341 e. The number of nitrogens with zero attached hydrogens (tertiary/aromatic N) is 3. The van der Waals surface area contributed by atoms with Crippen molar-refractivity contribution in [1.29, 1.82) is 0 Å². The van der Waals surface area contributed by atoms with Gasteiger partial charge in [-0.3, -0.25) is 9.59 Å². The summed E-state index contributed by atoms with van der Waals surface area (Å²) >= 11 is 2.90. The number of carbonyl (C=O) groups excluding carboxylic acids is 2. The lowest BCUT2D eigenvalue weighted by Gasteiger charge is -2.35. The van der Waals surface area contributed by atoms with Crippen molar-refractivity contribution in [2.24, 2.45) is 16.8 Å². The van der Waals surface area contributed by atoms with Gasteiger partial charge in [0.05, 0.1) is 21.7 Å². The van der Waals surface area contributed by atoms with Crippen LogP contribution in [0.1, 0.15) is 27.2 Å². The van der Waals surface area contributed by atoms with Gasteiger partial charge < -0.3 is 9.47 Å². The SMILES string of the molecule is CCn1c(=NC(=O)CSCC(=O)N2C[C@@H](C)C[C@H](C)C2)sc2ccccc21. The molecule has 5 nitrogen and oxygen atoms in total. The number of carbonyl (C=O) groups is 2. The van der Waals surface area contributed by atoms with Crippen LogP contribution < -0.4 is 4.80 Å². The predicted molar refractivity (Wildman–Crippen MR) is 113 cm³/mol. The number of fused-ring (bicyclic) bond motifs is 1. The molecule has 146 valence electrons. The normalized spacial score (nSPS) is 21.0. The molecule has 1 aliphatic heterocycles. The fraction of sp³-hybridized carbons (Fsp3) is 0.550. The van der Waals surface area contributed by atoms with Crippen LogP contribution in [0.2, 0.25) is 0 Å². The smallest absolute Gasteiger partial charge is 0.258 e. The molecule has 2 amide bonds. The first-order valence-electron chi connectivity index (χ1n) is 9.49. The highest BCUT2D eigenvalue weighted by molar-refractivity contribution is 8.00. The molecule has 1 aliphatic rings. The highest BCUT2D eigenvalue weighted by atomic mass is 32.2. The molecular formula is C20H27N3O2S2. The number of hydrogen-bond acceptors (Lipinski definition) is 4. The second kappa shape index (κ2) is 9.06. The Labute approximate surface area is 168 Å². The van der Waals surface area contributed by atoms with Crippen molar-refractivity contribution < 1.29 is 9.59 Å². The lowest BCUT2D eigenvalue weighted by Crippen LogP contribution is -2.43. The van der Waals surface area contributed by atoms with Crippen molar-refractivity contribution >= 4 is 45.1 Å². The van der Waals surface area contributed by atoms with E-state index in [-0.39, 0.29) is 17.6 Å². The third-order valence-corrected chi connectivity index (χ3v) is 6.76. The molecule has 7 heteroatoms. The van der Waals surface area contributed by atoms with E-state index in [0.717, 1.165) is 34.7 Å². The van der Waals surface area contributed by atoms with Gasteiger partial charge in [-0.05, 0) is 37.3 Å². The van der Waals surface area contributed by atoms with E-state index in [9.17, 15) is 9.59 Å². The quantitative estimate of drug-likeness (QED) is 0.766. The van der Waals surface area contributed by atoms with Crippen molar-refractivity contribution in [3.8, 4) is 0 Å². The number of likely N-dealkylation sites (tertiary alicyclic amines) is 1. The zero-order valence-electron chi connectivity index (χ0n) is 16.2. The molecule has 2 atom stereocenters. The summed E-state index contributed by atoms with van der Waals surface area (Å²) in [7, 11) is 0. The number of aromatic nitrogens is 1. The molecule has 0 unspecified atom stereocenters. The average Bonchev–Trinajstić information content (AvgIpc) is 2.97. The number of piperidine rings is 1. The van der Waals surface area contributed by atoms with E-state index < -0.39 is 0 Å². The standard InChI is InChI=1S/C20H27N3O2S2/c1-4-23-16-7-5-6-8-17(16)27-20(23)21-18(24)12-26-13-19(25)22-10-14(2)9-15(3)11-22/h5-8,14-15H,4,9-13H2,1-3H3/t14-,15-/m0/s1. The molecule has 0 N–H and O–H groups in total. The first-order valence-corrected chi connectivity index (χ1v) is 11.5. The van der Waals surface area contributed by atoms with Crippen LogP contribution in [-0.4, -0.2) is 45.9 Å². The van der Waals surface area contributed by atoms with E-state index in [1.807, 2.05) is 29.2 Å². The number of thioether (sulfide) groups is 1. The summed E-state index contributed by atoms with van der Waals surface area (Å²) in [6, 6.07) is 8.08. The topological polar surface area (TPSA) is 54.7 Å². The van der Waals surface area contributed by atoms with Gasteiger partial charge >= 0.3 is 0 Å². The maximum atomic E-state index is 12.4. The maximum absolute atomic E-state index is 12.4. The van der Waals surface area contributed by atoms with Crippen LogP contribution in [0.25, 0.3) is 10.2 Å². The third kappa shape index (κ3) is 5.02. The van der Waals surface area contributed by atoms with E-state index in [2.05, 4.69) is 30.3 Å². The van der Waals surface area contributed by atoms with Crippen LogP contribution in [0.3, 0.4) is 0 Å². The van der Waals surface area contributed by atoms with Crippen LogP contribution in [0.5, 0.6) is 0 Å². The van der Waals surface area contributed by atoms with Crippen molar-refractivity contribution in [3.63, 3.8) is 0 Å². The Bertz CT molecular complexity index is 877. The van der Waals surface area contributed by atoms with Gasteiger partial charge in [-0.1, -0.05) is 37.3 Å². The molecule has 1 saturated heterocycles. The van der Waals surface area contributed by atoms with E-state index in [4.69, 9.17) is 0 Å². The number of benzene rings is 1. The number of hydrogen-bond donors (Lipinski definition) is 0. The van der Waals surface area contributed by atoms with Crippen LogP contribution in [0.4, 0.5) is 0 Å². The van der Waals surface area contributed by atoms with Gasteiger partial charge in [-0.2, -0.15) is 4.99 Å². The molecule has 1 aromatic heterocycles. The zero-order chi connectivity index (χ0) is 19.4. The molecule has 1 aromatic carbocycles. The number of para-hydroxylation sites is 1. The molecule has 27 heavy (non-hydrogen) atoms. The molecule has 0 aliphatic carbocycles. The monoisotopic (exact) mass is 405 g/mol. The lowest BCUT2D eigenvalue weighted by molar-refractivity contribution is -0.130. The molecule has 2 heterocycles. The van der Waals surface area contributed by atoms with Gasteiger partial charge in [0, 0.05) is 19.6 Å². The highest BCUT2D eigenvalue weighted by Gasteiger charge is 2.25. The van der Waals surface area contributed by atoms with Gasteiger partial charge in [0.2, 0.25) is 5.91 Å². The maximum Gasteiger partial charge on any atom is 0.258 e. The van der Waals surface area contributed by atoms with E-state index in [0.29, 0.717) is 17.6 Å². The van der Waals surface area contributed by atoms with E-state index in [1.54, 1.807) is 0 Å². The van der Waals surface area contributed by atoms with Gasteiger partial charge in [0.25, 0.3) is 5.91 Å². The summed E-state index contributed by atoms with van der Waals surface area (Å²) in [6.07, 6.45) is 1.18. The minimum absolute atomic E-state index is 0.136. The predicted octanol–water partition coefficient (Wildman–Crippen LogP) is 3.39. The number of amides is 2. The zero-order valence-corrected chi connectivity index (χ0v) is 17.8. The van der Waals surface area contributed by atoms with Crippen LogP contribution in [0.15, 0.2) is 29.3 Å². The van der Waals surface area contributed by atoms with Crippen LogP contribution in [-0.2, 0) is 16.1 Å². The number of rotatable bonds is 5. The summed E-state index contributed by atoms with van der Waals surface area (Å²) in [5.41, 5.74) is 1.10. The first kappa shape index (κ1) is 20.1. The van der Waals surface area contributed by atoms with E-state index >= 15 is 0 Å². The van der Waals surface area contributed by atoms with Gasteiger partial charge in [-0.25, -0.2) is 0 Å². The Morgan fingerprint density at radius 2 is 1.89 bits per heavy atom. The molecule has 1 fully saturated rings. The second-order valence-electron chi connectivity index (χ2n) is 7.34. The van der Waals surface area contributed by atoms with E-state index in [1.165, 1.54) is 29.5 Å². The summed E-state index contributed by atoms with van der Waals surface area (Å²) in [4.78, 5) is 31.7. The lowest BCUT2D eigenvalue weighted by atomic mass is 9.92. The Hall–Kier alpha value is -1.60. The third-order valence-electron chi connectivity index (χ3n) is 4.80. The molecule has 0 spiro atoms. The van der Waals surface area contributed by atoms with Crippen molar-refractivity contribution in [3.05, 3.63) is 29.1 Å². The van der Waals surface area contributed by atoms with Crippen molar-refractivity contribution in [2.75, 3.05) is 24.6 Å². The minimum atomic E-state index is -0.179. The van der Waals surface area contributed by atoms with Crippen molar-refractivity contribution in [2.45, 2.75) is 33.7 Å². The van der Waals surface area contributed by atoms with Gasteiger partial charge in [-0.15, -0.1) is 11.8 Å². The first-order chi connectivity index (χ1) is 13.0. The molecular weight excluding hydrogens is 378 g/mol. The number of aryl methyl sites for hydroxylation is 1. The molecule has 3 rings (SSSR count). The van der Waals surface area contributed by atoms with Crippen LogP contribution >= 0.6 is 23.1 Å². The summed E-state index contributed by atoms with van der Waals surface area (Å²) < 4.78 is 3.19. The molecule has 0 saturated carbocycles. The summed E-state index contributed by atoms with van der Waals surface area (Å²) in [5, 5.41) is 0. The van der Waals surface area contributed by atoms with Crippen LogP contribution in [0, 0.1) is 11.8 Å². The van der Waals surface area contributed by atoms with Gasteiger partial charge in [0.15, 0.2) is 4.80 Å². The summed E-state index contributed by atoms with van der Waals surface area (Å²) in [6.45, 7) is 8.88. The Balaban J connectivity index is 1.58. The molecule has 0 bridgehead atoms. The fourth-order valence-electron chi connectivity index (χ4n) is 3.73. The Kier molecular flexibility index (Phi) is 6.76.